The van der Waals surface area contributed by atoms with Gasteiger partial charge in [0, 0.05) is 31.2 Å². The molecule has 0 radical (unpaired) electrons. The summed E-state index contributed by atoms with van der Waals surface area (Å²) >= 11 is 0. The second-order valence-corrected chi connectivity index (χ2v) is 8.86. The van der Waals surface area contributed by atoms with Crippen LogP contribution < -0.4 is 0 Å². The van der Waals surface area contributed by atoms with Gasteiger partial charge in [-0.25, -0.2) is 0 Å². The third kappa shape index (κ3) is 8.26. The molecule has 6 heteroatoms. The van der Waals surface area contributed by atoms with Crippen LogP contribution >= 0.6 is 0 Å². The number of ether oxygens (including phenoxy) is 1. The van der Waals surface area contributed by atoms with Gasteiger partial charge < -0.3 is 20.2 Å². The number of amides is 1. The van der Waals surface area contributed by atoms with Crippen LogP contribution in [0.1, 0.15) is 42.4 Å². The van der Waals surface area contributed by atoms with E-state index in [1.807, 2.05) is 73.7 Å². The predicted octanol–water partition coefficient (Wildman–Crippen LogP) is 5.13. The number of nitrogens with one attached hydrogen (secondary N) is 1. The number of rotatable bonds is 14. The molecule has 0 bridgehead atoms. The maximum absolute atomic E-state index is 13.4. The molecular weight excluding hydrogens is 464 g/mol. The van der Waals surface area contributed by atoms with Crippen LogP contribution in [0.4, 0.5) is 0 Å². The zero-order chi connectivity index (χ0) is 26.5. The zero-order valence-electron chi connectivity index (χ0n) is 21.1. The molecule has 2 N–H and O–H groups in total. The first kappa shape index (κ1) is 27.6. The first-order valence-corrected chi connectivity index (χ1v) is 12.5. The topological polar surface area (TPSA) is 90.7 Å². The van der Waals surface area contributed by atoms with E-state index in [1.54, 1.807) is 4.90 Å². The van der Waals surface area contributed by atoms with Crippen LogP contribution in [-0.2, 0) is 20.9 Å². The van der Waals surface area contributed by atoms with E-state index >= 15 is 0 Å². The number of nitrogens with zero attached hydrogens (tertiary/aromatic N) is 1. The Hall–Kier alpha value is -4.03. The Morgan fingerprint density at radius 2 is 1.46 bits per heavy atom. The Kier molecular flexibility index (Phi) is 10.8. The van der Waals surface area contributed by atoms with Crippen molar-refractivity contribution in [1.82, 2.24) is 4.90 Å². The minimum Gasteiger partial charge on any atom is -0.485 e. The maximum atomic E-state index is 13.4. The smallest absolute Gasteiger partial charge is 0.250 e. The largest absolute Gasteiger partial charge is 0.485 e. The second kappa shape index (κ2) is 14.5. The molecular formula is C31H34N2O4. The Bertz CT molecular complexity index is 1120. The number of hydrogen-bond donors (Lipinski definition) is 2. The predicted molar refractivity (Wildman–Crippen MR) is 145 cm³/mol. The number of aliphatic hydroxyl groups is 1. The minimum absolute atomic E-state index is 0.0577. The number of benzene rings is 3. The summed E-state index contributed by atoms with van der Waals surface area (Å²) in [5.41, 5.74) is 3.14. The number of allylic oxidation sites excluding steroid dienone is 1. The molecule has 0 aliphatic carbocycles. The average Bonchev–Trinajstić information content (AvgIpc) is 2.95. The van der Waals surface area contributed by atoms with Gasteiger partial charge in [0.05, 0.1) is 6.21 Å². The summed E-state index contributed by atoms with van der Waals surface area (Å²) in [7, 11) is 0. The SMILES string of the molecule is CC(CC(c1ccccc1)c1ccccc1)N(CCCO)C(=O)/C=C(\OCc1ccccc1)C(=O)C=N. The van der Waals surface area contributed by atoms with Crippen LogP contribution in [0.2, 0.25) is 0 Å². The van der Waals surface area contributed by atoms with E-state index in [0.29, 0.717) is 25.6 Å². The van der Waals surface area contributed by atoms with Crippen LogP contribution in [0.25, 0.3) is 0 Å². The fraction of sp³-hybridized carbons (Fsp3) is 0.258. The lowest BCUT2D eigenvalue weighted by Gasteiger charge is -2.32. The van der Waals surface area contributed by atoms with Crippen LogP contribution in [-0.4, -0.2) is 47.1 Å². The number of ketones is 1. The van der Waals surface area contributed by atoms with E-state index in [2.05, 4.69) is 24.3 Å². The summed E-state index contributed by atoms with van der Waals surface area (Å²) in [5.74, 6) is -1.18. The Morgan fingerprint density at radius 1 is 0.919 bits per heavy atom. The van der Waals surface area contributed by atoms with Gasteiger partial charge in [0.2, 0.25) is 5.78 Å². The molecule has 1 unspecified atom stereocenters. The van der Waals surface area contributed by atoms with Gasteiger partial charge in [-0.05, 0) is 36.5 Å². The quantitative estimate of drug-likeness (QED) is 0.183. The van der Waals surface area contributed by atoms with Crippen LogP contribution in [0, 0.1) is 5.41 Å². The summed E-state index contributed by atoms with van der Waals surface area (Å²) in [6, 6.07) is 29.4. The molecule has 0 aliphatic rings. The molecule has 0 aromatic heterocycles. The maximum Gasteiger partial charge on any atom is 0.250 e. The Balaban J connectivity index is 1.85. The highest BCUT2D eigenvalue weighted by Crippen LogP contribution is 2.30. The summed E-state index contributed by atoms with van der Waals surface area (Å²) in [5, 5.41) is 16.9. The molecule has 0 saturated carbocycles. The van der Waals surface area contributed by atoms with Crippen LogP contribution in [0.5, 0.6) is 0 Å². The van der Waals surface area contributed by atoms with Gasteiger partial charge in [-0.2, -0.15) is 0 Å². The summed E-state index contributed by atoms with van der Waals surface area (Å²) in [4.78, 5) is 27.5. The minimum atomic E-state index is -0.675. The monoisotopic (exact) mass is 498 g/mol. The third-order valence-corrected chi connectivity index (χ3v) is 6.22. The number of hydrogen-bond acceptors (Lipinski definition) is 5. The average molecular weight is 499 g/mol. The normalized spacial score (nSPS) is 12.1. The van der Waals surface area contributed by atoms with Gasteiger partial charge >= 0.3 is 0 Å². The molecule has 3 aromatic rings. The highest BCUT2D eigenvalue weighted by Gasteiger charge is 2.25. The molecule has 0 fully saturated rings. The standard InChI is InChI=1S/C31H34N2O4/c1-24(20-28(26-14-7-3-8-15-26)27-16-9-4-10-17-27)33(18-11-19-34)31(36)21-30(29(35)22-32)37-23-25-12-5-2-6-13-25/h2-10,12-17,21-22,24,28,32,34H,11,18-20,23H2,1H3/b30-21-,32-22?. The fourth-order valence-corrected chi connectivity index (χ4v) is 4.28. The molecule has 3 aromatic carbocycles. The van der Waals surface area contributed by atoms with Crippen molar-refractivity contribution >= 4 is 17.9 Å². The number of carbonyl (C=O) groups excluding carboxylic acids is 2. The Morgan fingerprint density at radius 3 is 1.97 bits per heavy atom. The van der Waals surface area contributed by atoms with E-state index in [4.69, 9.17) is 10.1 Å². The highest BCUT2D eigenvalue weighted by molar-refractivity contribution is 6.34. The van der Waals surface area contributed by atoms with Gasteiger partial charge in [-0.15, -0.1) is 0 Å². The molecule has 1 atom stereocenters. The van der Waals surface area contributed by atoms with Crippen molar-refractivity contribution in [2.75, 3.05) is 13.2 Å². The van der Waals surface area contributed by atoms with Gasteiger partial charge in [0.1, 0.15) is 6.61 Å². The van der Waals surface area contributed by atoms with Crippen molar-refractivity contribution < 1.29 is 19.4 Å². The first-order chi connectivity index (χ1) is 18.0. The van der Waals surface area contributed by atoms with E-state index in [0.717, 1.165) is 16.7 Å². The first-order valence-electron chi connectivity index (χ1n) is 12.5. The number of Topliss-reactive ketones (excluding diaryl/α,β-unsaturated/α-hetero) is 1. The number of aliphatic hydroxyl groups excluding tert-OH is 1. The highest BCUT2D eigenvalue weighted by atomic mass is 16.5. The molecule has 3 rings (SSSR count). The summed E-state index contributed by atoms with van der Waals surface area (Å²) < 4.78 is 5.67. The van der Waals surface area contributed by atoms with E-state index < -0.39 is 5.78 Å². The lowest BCUT2D eigenvalue weighted by molar-refractivity contribution is -0.129. The molecule has 37 heavy (non-hydrogen) atoms. The Labute approximate surface area is 218 Å². The molecule has 6 nitrogen and oxygen atoms in total. The van der Waals surface area contributed by atoms with Crippen molar-refractivity contribution in [3.63, 3.8) is 0 Å². The molecule has 192 valence electrons. The van der Waals surface area contributed by atoms with Crippen molar-refractivity contribution in [3.8, 4) is 0 Å². The lowest BCUT2D eigenvalue weighted by atomic mass is 9.86. The lowest BCUT2D eigenvalue weighted by Crippen LogP contribution is -2.40. The van der Waals surface area contributed by atoms with Crippen molar-refractivity contribution in [3.05, 3.63) is 120 Å². The van der Waals surface area contributed by atoms with Crippen LogP contribution in [0.3, 0.4) is 0 Å². The number of carbonyl (C=O) groups is 2. The molecule has 0 aliphatic heterocycles. The summed E-state index contributed by atoms with van der Waals surface area (Å²) in [6.45, 7) is 2.35. The van der Waals surface area contributed by atoms with E-state index in [-0.39, 0.29) is 36.8 Å². The van der Waals surface area contributed by atoms with E-state index in [9.17, 15) is 14.7 Å². The second-order valence-electron chi connectivity index (χ2n) is 8.86. The fourth-order valence-electron chi connectivity index (χ4n) is 4.28. The summed E-state index contributed by atoms with van der Waals surface area (Å²) in [6.07, 6.45) is 2.87. The molecule has 0 heterocycles. The van der Waals surface area contributed by atoms with Crippen molar-refractivity contribution in [2.24, 2.45) is 0 Å². The van der Waals surface area contributed by atoms with E-state index in [1.165, 1.54) is 6.08 Å². The molecule has 0 spiro atoms. The van der Waals surface area contributed by atoms with Gasteiger partial charge in [0.25, 0.3) is 5.91 Å². The van der Waals surface area contributed by atoms with Gasteiger partial charge in [0.15, 0.2) is 5.76 Å². The zero-order valence-corrected chi connectivity index (χ0v) is 21.1. The van der Waals surface area contributed by atoms with Crippen molar-refractivity contribution in [1.29, 1.82) is 5.41 Å². The van der Waals surface area contributed by atoms with Gasteiger partial charge in [-0.3, -0.25) is 9.59 Å². The molecule has 0 saturated heterocycles. The third-order valence-electron chi connectivity index (χ3n) is 6.22. The molecule has 1 amide bonds. The van der Waals surface area contributed by atoms with Crippen LogP contribution in [0.15, 0.2) is 103 Å². The van der Waals surface area contributed by atoms with Crippen molar-refractivity contribution in [2.45, 2.75) is 38.3 Å². The van der Waals surface area contributed by atoms with Gasteiger partial charge in [-0.1, -0.05) is 91.0 Å².